The number of carbonyl (C=O) groups is 3. The van der Waals surface area contributed by atoms with Crippen molar-refractivity contribution >= 4 is 17.9 Å². The molecule has 0 aromatic carbocycles. The minimum atomic E-state index is -1.53. The van der Waals surface area contributed by atoms with Gasteiger partial charge in [0.25, 0.3) is 6.29 Å². The number of carbonyl (C=O) groups excluding carboxylic acids is 2. The Labute approximate surface area is 571 Å². The van der Waals surface area contributed by atoms with Gasteiger partial charge in [-0.15, -0.1) is 0 Å². The van der Waals surface area contributed by atoms with Crippen molar-refractivity contribution in [2.45, 2.75) is 296 Å². The topological polar surface area (TPSA) is 108 Å². The zero-order valence-corrected chi connectivity index (χ0v) is 60.1. The predicted molar refractivity (Wildman–Crippen MR) is 400 cm³/mol. The lowest BCUT2D eigenvalue weighted by Gasteiger charge is -2.25. The summed E-state index contributed by atoms with van der Waals surface area (Å²) in [7, 11) is 5.96. The van der Waals surface area contributed by atoms with Crippen LogP contribution in [-0.4, -0.2) is 87.4 Å². The summed E-state index contributed by atoms with van der Waals surface area (Å²) in [6, 6.07) is 0. The maximum absolute atomic E-state index is 13.0. The molecular weight excluding hydrogens is 1150 g/mol. The fraction of sp³-hybridized carbons (Fsp3) is 0.631. The number of likely N-dealkylation sites (N-methyl/N-ethyl adjacent to an activating group) is 1. The number of nitrogens with zero attached hydrogens (tertiary/aromatic N) is 1. The van der Waals surface area contributed by atoms with E-state index in [4.69, 9.17) is 18.9 Å². The Bertz CT molecular complexity index is 2140. The molecule has 0 spiro atoms. The van der Waals surface area contributed by atoms with Crippen LogP contribution in [-0.2, 0) is 33.3 Å². The Morgan fingerprint density at radius 3 is 0.925 bits per heavy atom. The van der Waals surface area contributed by atoms with Gasteiger partial charge in [0, 0.05) is 12.8 Å². The molecule has 2 atom stereocenters. The van der Waals surface area contributed by atoms with Crippen molar-refractivity contribution in [3.63, 3.8) is 0 Å². The molecule has 0 aliphatic carbocycles. The molecule has 0 saturated carbocycles. The highest BCUT2D eigenvalue weighted by atomic mass is 16.7. The van der Waals surface area contributed by atoms with Crippen LogP contribution in [0.25, 0.3) is 0 Å². The lowest BCUT2D eigenvalue weighted by Crippen LogP contribution is -2.40. The van der Waals surface area contributed by atoms with E-state index >= 15 is 0 Å². The Hall–Kier alpha value is -5.35. The predicted octanol–water partition coefficient (Wildman–Crippen LogP) is 23.8. The van der Waals surface area contributed by atoms with Gasteiger partial charge in [-0.3, -0.25) is 9.59 Å². The number of ether oxygens (including phenoxy) is 4. The Balaban J connectivity index is 4.22. The van der Waals surface area contributed by atoms with Gasteiger partial charge in [-0.05, 0) is 135 Å². The second-order valence-electron chi connectivity index (χ2n) is 25.5. The van der Waals surface area contributed by atoms with E-state index in [0.29, 0.717) is 17.4 Å². The first-order valence-electron chi connectivity index (χ1n) is 37.3. The van der Waals surface area contributed by atoms with Gasteiger partial charge < -0.3 is 28.5 Å². The van der Waals surface area contributed by atoms with Gasteiger partial charge in [0.1, 0.15) is 13.2 Å². The van der Waals surface area contributed by atoms with Crippen molar-refractivity contribution in [2.24, 2.45) is 0 Å². The second kappa shape index (κ2) is 72.5. The van der Waals surface area contributed by atoms with Crippen LogP contribution in [0.15, 0.2) is 170 Å². The molecule has 9 nitrogen and oxygen atoms in total. The molecule has 0 rings (SSSR count). The number of unbranched alkanes of at least 4 members (excludes halogenated alkanes) is 24. The van der Waals surface area contributed by atoms with Crippen molar-refractivity contribution in [2.75, 3.05) is 47.5 Å². The molecule has 0 radical (unpaired) electrons. The molecule has 0 amide bonds. The third kappa shape index (κ3) is 73.9. The number of quaternary nitrogens is 1. The molecule has 0 fully saturated rings. The van der Waals surface area contributed by atoms with Crippen molar-refractivity contribution in [3.8, 4) is 0 Å². The molecule has 9 heteroatoms. The van der Waals surface area contributed by atoms with Gasteiger partial charge in [-0.1, -0.05) is 306 Å². The molecule has 526 valence electrons. The van der Waals surface area contributed by atoms with Crippen LogP contribution >= 0.6 is 0 Å². The normalized spacial score (nSPS) is 13.7. The van der Waals surface area contributed by atoms with Crippen LogP contribution in [0.1, 0.15) is 284 Å². The fourth-order valence-corrected chi connectivity index (χ4v) is 9.79. The summed E-state index contributed by atoms with van der Waals surface area (Å²) in [5.74, 6) is -2.06. The smallest absolute Gasteiger partial charge is 0.361 e. The monoisotopic (exact) mass is 1290 g/mol. The van der Waals surface area contributed by atoms with E-state index in [1.165, 1.54) is 128 Å². The fourth-order valence-electron chi connectivity index (χ4n) is 9.79. The van der Waals surface area contributed by atoms with E-state index in [0.717, 1.165) is 122 Å². The van der Waals surface area contributed by atoms with Crippen LogP contribution in [0, 0.1) is 0 Å². The summed E-state index contributed by atoms with van der Waals surface area (Å²) >= 11 is 0. The summed E-state index contributed by atoms with van der Waals surface area (Å²) < 4.78 is 22.9. The van der Waals surface area contributed by atoms with Gasteiger partial charge in [0.2, 0.25) is 0 Å². The molecule has 0 bridgehead atoms. The standard InChI is InChI=1S/C84H137NO8/c1-6-8-10-12-14-16-18-20-22-24-26-28-30-32-34-36-38-39-40-41-42-43-45-47-49-51-53-55-57-59-61-63-65-67-69-71-73-75-82(87)93-80(79-92-84(83(88)89)90-77-76-85(3,4)5)78-91-81(86)74-72-70-68-66-64-62-60-58-56-54-52-50-48-46-44-37-35-33-31-29-27-25-23-21-19-17-15-13-11-9-7-2/h8,10,14,16,19-22,25-28,31-34,38-39,41-42,45,47,51,53,57,59,63,65,80,84H,6-7,9,11-13,15,17-18,23-24,29-30,35-37,40,43-44,46,48-50,52,54-56,58,60-62,64,66-79H2,1-5H3/p+1/b10-8-,16-14-,21-19-,22-20-,27-25-,28-26-,33-31-,34-32-,39-38-,42-41-,47-45-,53-51-,59-57-,65-63-. The van der Waals surface area contributed by atoms with Crippen molar-refractivity contribution < 1.29 is 42.9 Å². The first kappa shape index (κ1) is 87.7. The molecule has 0 aromatic heterocycles. The largest absolute Gasteiger partial charge is 0.477 e. The number of esters is 2. The lowest BCUT2D eigenvalue weighted by molar-refractivity contribution is -0.870. The molecular formula is C84H138NO8+. The van der Waals surface area contributed by atoms with Gasteiger partial charge in [-0.2, -0.15) is 0 Å². The van der Waals surface area contributed by atoms with E-state index in [-0.39, 0.29) is 38.6 Å². The zero-order valence-electron chi connectivity index (χ0n) is 60.1. The Morgan fingerprint density at radius 2 is 0.613 bits per heavy atom. The molecule has 0 aliphatic rings. The Morgan fingerprint density at radius 1 is 0.333 bits per heavy atom. The molecule has 1 N–H and O–H groups in total. The maximum atomic E-state index is 13.0. The summed E-state index contributed by atoms with van der Waals surface area (Å²) in [5.41, 5.74) is 0. The average molecular weight is 1290 g/mol. The van der Waals surface area contributed by atoms with E-state index < -0.39 is 24.3 Å². The zero-order chi connectivity index (χ0) is 67.5. The van der Waals surface area contributed by atoms with Crippen LogP contribution < -0.4 is 0 Å². The number of carboxylic acid groups (broad SMARTS) is 1. The number of allylic oxidation sites excluding steroid dienone is 28. The van der Waals surface area contributed by atoms with Crippen LogP contribution in [0.3, 0.4) is 0 Å². The highest BCUT2D eigenvalue weighted by Gasteiger charge is 2.25. The summed E-state index contributed by atoms with van der Waals surface area (Å²) in [6.07, 6.45) is 106. The molecule has 2 unspecified atom stereocenters. The highest BCUT2D eigenvalue weighted by molar-refractivity contribution is 5.71. The van der Waals surface area contributed by atoms with Crippen LogP contribution in [0.5, 0.6) is 0 Å². The first-order valence-corrected chi connectivity index (χ1v) is 37.3. The quantitative estimate of drug-likeness (QED) is 0.0211. The van der Waals surface area contributed by atoms with E-state index in [1.54, 1.807) is 0 Å². The van der Waals surface area contributed by atoms with E-state index in [2.05, 4.69) is 184 Å². The molecule has 0 saturated heterocycles. The number of hydrogen-bond donors (Lipinski definition) is 1. The summed E-state index contributed by atoms with van der Waals surface area (Å²) in [4.78, 5) is 37.7. The number of rotatable bonds is 67. The minimum absolute atomic E-state index is 0.172. The van der Waals surface area contributed by atoms with Crippen LogP contribution in [0.4, 0.5) is 0 Å². The van der Waals surface area contributed by atoms with E-state index in [1.807, 2.05) is 21.1 Å². The van der Waals surface area contributed by atoms with Crippen molar-refractivity contribution in [1.29, 1.82) is 0 Å². The number of hydrogen-bond acceptors (Lipinski definition) is 7. The highest BCUT2D eigenvalue weighted by Crippen LogP contribution is 2.16. The summed E-state index contributed by atoms with van der Waals surface area (Å²) in [5, 5.41) is 9.76. The van der Waals surface area contributed by atoms with Crippen molar-refractivity contribution in [1.82, 2.24) is 0 Å². The Kier molecular flexibility index (Phi) is 68.3. The maximum Gasteiger partial charge on any atom is 0.361 e. The lowest BCUT2D eigenvalue weighted by atomic mass is 10.0. The minimum Gasteiger partial charge on any atom is -0.477 e. The van der Waals surface area contributed by atoms with Crippen LogP contribution in [0.2, 0.25) is 0 Å². The first-order chi connectivity index (χ1) is 45.6. The van der Waals surface area contributed by atoms with Gasteiger partial charge in [0.05, 0.1) is 34.4 Å². The molecule has 0 aromatic rings. The average Bonchev–Trinajstić information content (AvgIpc) is 3.73. The van der Waals surface area contributed by atoms with Gasteiger partial charge >= 0.3 is 17.9 Å². The number of aliphatic carboxylic acids is 1. The molecule has 0 aliphatic heterocycles. The van der Waals surface area contributed by atoms with Gasteiger partial charge in [-0.25, -0.2) is 4.79 Å². The third-order valence-electron chi connectivity index (χ3n) is 15.5. The summed E-state index contributed by atoms with van der Waals surface area (Å²) in [6.45, 7) is 4.71. The molecule has 93 heavy (non-hydrogen) atoms. The SMILES string of the molecule is CC/C=C\C/C=C\C/C=C\C/C=C\C/C=C\C/C=C\C/C=C\C/C=C\C/C=C\C/C=C\C/C=C\CCCCCC(=O)OC(COC(=O)CCCCCCCCCCCCCCCCCC/C=C\C/C=C\C/C=C\CCCCCCC)COC(OCC[N+](C)(C)C)C(=O)O. The second-order valence-corrected chi connectivity index (χ2v) is 25.5. The third-order valence-corrected chi connectivity index (χ3v) is 15.5. The van der Waals surface area contributed by atoms with Crippen molar-refractivity contribution in [3.05, 3.63) is 170 Å². The number of carboxylic acids is 1. The van der Waals surface area contributed by atoms with Gasteiger partial charge in [0.15, 0.2) is 6.10 Å². The van der Waals surface area contributed by atoms with E-state index in [9.17, 15) is 19.5 Å². The molecule has 0 heterocycles.